The van der Waals surface area contributed by atoms with Gasteiger partial charge in [-0.25, -0.2) is 8.42 Å². The quantitative estimate of drug-likeness (QED) is 0.526. The summed E-state index contributed by atoms with van der Waals surface area (Å²) >= 11 is 0. The highest BCUT2D eigenvalue weighted by Gasteiger charge is 2.32. The minimum absolute atomic E-state index is 0.218. The molecule has 0 bridgehead atoms. The second kappa shape index (κ2) is 10.8. The molecule has 1 saturated heterocycles. The molecular weight excluding hydrogens is 464 g/mol. The van der Waals surface area contributed by atoms with Crippen molar-refractivity contribution < 1.29 is 18.0 Å². The first kappa shape index (κ1) is 24.6. The molecule has 0 atom stereocenters. The number of hydrogen-bond acceptors (Lipinski definition) is 5. The van der Waals surface area contributed by atoms with Gasteiger partial charge >= 0.3 is 0 Å². The number of piperidine rings is 1. The Morgan fingerprint density at radius 1 is 1.00 bits per heavy atom. The zero-order valence-electron chi connectivity index (χ0n) is 19.5. The van der Waals surface area contributed by atoms with Crippen molar-refractivity contribution in [1.29, 1.82) is 0 Å². The molecule has 2 aromatic carbocycles. The molecule has 1 aliphatic rings. The monoisotopic (exact) mass is 492 g/mol. The lowest BCUT2D eigenvalue weighted by molar-refractivity contribution is -0.120. The third-order valence-corrected chi connectivity index (χ3v) is 8.00. The number of amides is 2. The van der Waals surface area contributed by atoms with Crippen molar-refractivity contribution in [1.82, 2.24) is 14.6 Å². The second-order valence-electron chi connectivity index (χ2n) is 8.57. The summed E-state index contributed by atoms with van der Waals surface area (Å²) in [4.78, 5) is 30.0. The van der Waals surface area contributed by atoms with Crippen molar-refractivity contribution in [2.45, 2.75) is 31.2 Å². The van der Waals surface area contributed by atoms with E-state index < -0.39 is 10.0 Å². The van der Waals surface area contributed by atoms with E-state index in [0.29, 0.717) is 30.6 Å². The molecule has 8 nitrogen and oxygen atoms in total. The van der Waals surface area contributed by atoms with Crippen LogP contribution in [0.15, 0.2) is 78.0 Å². The van der Waals surface area contributed by atoms with Crippen LogP contribution in [0.4, 0.5) is 5.69 Å². The number of anilines is 1. The van der Waals surface area contributed by atoms with Gasteiger partial charge < -0.3 is 10.6 Å². The van der Waals surface area contributed by atoms with E-state index in [1.165, 1.54) is 4.31 Å². The molecule has 1 aromatic heterocycles. The van der Waals surface area contributed by atoms with Crippen LogP contribution in [0.25, 0.3) is 0 Å². The highest BCUT2D eigenvalue weighted by Crippen LogP contribution is 2.26. The van der Waals surface area contributed by atoms with Crippen LogP contribution in [0.2, 0.25) is 0 Å². The van der Waals surface area contributed by atoms with Gasteiger partial charge in [0.15, 0.2) is 0 Å². The number of aryl methyl sites for hydroxylation is 1. The maximum atomic E-state index is 13.0. The maximum Gasteiger partial charge on any atom is 0.253 e. The molecule has 9 heteroatoms. The Balaban J connectivity index is 1.36. The lowest BCUT2D eigenvalue weighted by Gasteiger charge is -2.30. The zero-order valence-corrected chi connectivity index (χ0v) is 20.3. The number of benzene rings is 2. The topological polar surface area (TPSA) is 108 Å². The summed E-state index contributed by atoms with van der Waals surface area (Å²) in [6.07, 6.45) is 4.16. The van der Waals surface area contributed by atoms with Crippen molar-refractivity contribution in [2.24, 2.45) is 5.92 Å². The van der Waals surface area contributed by atoms with Gasteiger partial charge in [0, 0.05) is 37.9 Å². The number of hydrogen-bond donors (Lipinski definition) is 2. The van der Waals surface area contributed by atoms with Gasteiger partial charge in [-0.15, -0.1) is 0 Å². The summed E-state index contributed by atoms with van der Waals surface area (Å²) in [5.74, 6) is -0.861. The van der Waals surface area contributed by atoms with Crippen LogP contribution in [-0.2, 0) is 21.4 Å². The fraction of sp³-hybridized carbons (Fsp3) is 0.269. The van der Waals surface area contributed by atoms with E-state index in [0.717, 1.165) is 11.1 Å². The van der Waals surface area contributed by atoms with Gasteiger partial charge in [-0.05, 0) is 55.7 Å². The number of carbonyl (C=O) groups excluding carboxylic acids is 2. The first-order valence-electron chi connectivity index (χ1n) is 11.5. The van der Waals surface area contributed by atoms with E-state index in [2.05, 4.69) is 15.6 Å². The number of sulfonamides is 1. The smallest absolute Gasteiger partial charge is 0.253 e. The summed E-state index contributed by atoms with van der Waals surface area (Å²) in [7, 11) is -3.59. The predicted octanol–water partition coefficient (Wildman–Crippen LogP) is 3.36. The van der Waals surface area contributed by atoms with E-state index >= 15 is 0 Å². The lowest BCUT2D eigenvalue weighted by atomic mass is 9.97. The Kier molecular flexibility index (Phi) is 7.57. The number of carbonyl (C=O) groups is 2. The molecule has 35 heavy (non-hydrogen) atoms. The van der Waals surface area contributed by atoms with Gasteiger partial charge in [0.25, 0.3) is 5.91 Å². The molecular formula is C26H28N4O4S. The molecule has 0 unspecified atom stereocenters. The summed E-state index contributed by atoms with van der Waals surface area (Å²) < 4.78 is 27.3. The van der Waals surface area contributed by atoms with Gasteiger partial charge in [-0.1, -0.05) is 35.9 Å². The second-order valence-corrected chi connectivity index (χ2v) is 10.5. The van der Waals surface area contributed by atoms with Crippen LogP contribution in [0.5, 0.6) is 0 Å². The number of pyridine rings is 1. The molecule has 182 valence electrons. The van der Waals surface area contributed by atoms with Gasteiger partial charge in [0.2, 0.25) is 15.9 Å². The van der Waals surface area contributed by atoms with Crippen molar-refractivity contribution >= 4 is 27.5 Å². The van der Waals surface area contributed by atoms with Crippen molar-refractivity contribution in [3.8, 4) is 0 Å². The Hall–Kier alpha value is -3.56. The number of nitrogens with one attached hydrogen (secondary N) is 2. The molecule has 0 saturated carbocycles. The third-order valence-electron chi connectivity index (χ3n) is 6.09. The molecule has 0 radical (unpaired) electrons. The van der Waals surface area contributed by atoms with Crippen LogP contribution >= 0.6 is 0 Å². The maximum absolute atomic E-state index is 13.0. The SMILES string of the molecule is Cc1ccc(S(=O)(=O)N2CCC(C(=O)Nc3ccccc3C(=O)NCc3cccnc3)CC2)cc1. The van der Waals surface area contributed by atoms with E-state index in [1.807, 2.05) is 13.0 Å². The largest absolute Gasteiger partial charge is 0.348 e. The third kappa shape index (κ3) is 5.93. The van der Waals surface area contributed by atoms with E-state index in [-0.39, 0.29) is 35.7 Å². The molecule has 4 rings (SSSR count). The highest BCUT2D eigenvalue weighted by molar-refractivity contribution is 7.89. The zero-order chi connectivity index (χ0) is 24.8. The number of para-hydroxylation sites is 1. The van der Waals surface area contributed by atoms with Crippen LogP contribution in [0, 0.1) is 12.8 Å². The minimum atomic E-state index is -3.59. The Morgan fingerprint density at radius 3 is 2.40 bits per heavy atom. The Morgan fingerprint density at radius 2 is 1.71 bits per heavy atom. The summed E-state index contributed by atoms with van der Waals surface area (Å²) in [5.41, 5.74) is 2.65. The van der Waals surface area contributed by atoms with Crippen LogP contribution in [-0.4, -0.2) is 42.6 Å². The van der Waals surface area contributed by atoms with Crippen LogP contribution in [0.1, 0.15) is 34.3 Å². The molecule has 2 N–H and O–H groups in total. The van der Waals surface area contributed by atoms with Gasteiger partial charge in [0.1, 0.15) is 0 Å². The molecule has 0 spiro atoms. The van der Waals surface area contributed by atoms with Gasteiger partial charge in [-0.2, -0.15) is 4.31 Å². The summed E-state index contributed by atoms with van der Waals surface area (Å²) in [6.45, 7) is 2.76. The normalized spacial score (nSPS) is 14.9. The standard InChI is InChI=1S/C26H28N4O4S/c1-19-8-10-22(11-9-19)35(33,34)30-15-12-21(13-16-30)25(31)29-24-7-3-2-6-23(24)26(32)28-18-20-5-4-14-27-17-20/h2-11,14,17,21H,12-13,15-16,18H2,1H3,(H,28,32)(H,29,31). The number of rotatable bonds is 7. The Bertz CT molecular complexity index is 1290. The first-order valence-corrected chi connectivity index (χ1v) is 12.9. The van der Waals surface area contributed by atoms with Crippen LogP contribution in [0.3, 0.4) is 0 Å². The minimum Gasteiger partial charge on any atom is -0.348 e. The van der Waals surface area contributed by atoms with Crippen molar-refractivity contribution in [3.63, 3.8) is 0 Å². The van der Waals surface area contributed by atoms with Gasteiger partial charge in [-0.3, -0.25) is 14.6 Å². The molecule has 1 aliphatic heterocycles. The number of aromatic nitrogens is 1. The van der Waals surface area contributed by atoms with Crippen LogP contribution < -0.4 is 10.6 Å². The van der Waals surface area contributed by atoms with E-state index in [4.69, 9.17) is 0 Å². The first-order chi connectivity index (χ1) is 16.8. The highest BCUT2D eigenvalue weighted by atomic mass is 32.2. The van der Waals surface area contributed by atoms with Crippen molar-refractivity contribution in [3.05, 3.63) is 89.7 Å². The fourth-order valence-corrected chi connectivity index (χ4v) is 5.49. The van der Waals surface area contributed by atoms with E-state index in [1.54, 1.807) is 67.0 Å². The fourth-order valence-electron chi connectivity index (χ4n) is 4.02. The summed E-state index contributed by atoms with van der Waals surface area (Å²) in [6, 6.07) is 17.3. The predicted molar refractivity (Wildman–Crippen MR) is 133 cm³/mol. The molecule has 2 heterocycles. The summed E-state index contributed by atoms with van der Waals surface area (Å²) in [5, 5.41) is 5.72. The van der Waals surface area contributed by atoms with E-state index in [9.17, 15) is 18.0 Å². The van der Waals surface area contributed by atoms with Crippen molar-refractivity contribution in [2.75, 3.05) is 18.4 Å². The Labute approximate surface area is 205 Å². The molecule has 3 aromatic rings. The number of nitrogens with zero attached hydrogens (tertiary/aromatic N) is 2. The van der Waals surface area contributed by atoms with Gasteiger partial charge in [0.05, 0.1) is 16.1 Å². The average Bonchev–Trinajstić information content (AvgIpc) is 2.88. The lowest BCUT2D eigenvalue weighted by Crippen LogP contribution is -2.41. The average molecular weight is 493 g/mol. The molecule has 2 amide bonds. The molecule has 1 fully saturated rings. The molecule has 0 aliphatic carbocycles.